The van der Waals surface area contributed by atoms with Gasteiger partial charge >= 0.3 is 5.76 Å². The van der Waals surface area contributed by atoms with E-state index in [0.29, 0.717) is 12.1 Å². The Morgan fingerprint density at radius 1 is 1.18 bits per heavy atom. The molecule has 0 aliphatic carbocycles. The van der Waals surface area contributed by atoms with Gasteiger partial charge in [-0.05, 0) is 49.7 Å². The molecule has 1 aromatic heterocycles. The lowest BCUT2D eigenvalue weighted by Gasteiger charge is -2.35. The summed E-state index contributed by atoms with van der Waals surface area (Å²) in [5.41, 5.74) is 1.31. The summed E-state index contributed by atoms with van der Waals surface area (Å²) in [4.78, 5) is 37.7. The van der Waals surface area contributed by atoms with Crippen LogP contribution in [0.15, 0.2) is 51.7 Å². The molecular formula is C23H26N4O6. The van der Waals surface area contributed by atoms with Gasteiger partial charge in [0.2, 0.25) is 5.91 Å². The predicted molar refractivity (Wildman–Crippen MR) is 121 cm³/mol. The number of likely N-dealkylation sites (tertiary alicyclic amines) is 1. The van der Waals surface area contributed by atoms with Crippen molar-refractivity contribution in [1.82, 2.24) is 14.8 Å². The number of benzene rings is 2. The van der Waals surface area contributed by atoms with Crippen molar-refractivity contribution in [1.29, 1.82) is 0 Å². The molecule has 10 heteroatoms. The van der Waals surface area contributed by atoms with Crippen molar-refractivity contribution in [2.45, 2.75) is 31.8 Å². The van der Waals surface area contributed by atoms with E-state index in [-0.39, 0.29) is 29.8 Å². The Bertz CT molecular complexity index is 1190. The van der Waals surface area contributed by atoms with Crippen molar-refractivity contribution >= 4 is 22.7 Å². The Morgan fingerprint density at radius 2 is 1.91 bits per heavy atom. The molecule has 1 aliphatic rings. The maximum absolute atomic E-state index is 12.7. The number of carbonyl (C=O) groups excluding carboxylic acids is 1. The molecule has 10 nitrogen and oxygen atoms in total. The molecule has 4 rings (SSSR count). The number of nitro benzene ring substituents is 1. The fourth-order valence-corrected chi connectivity index (χ4v) is 4.24. The van der Waals surface area contributed by atoms with Gasteiger partial charge < -0.3 is 14.5 Å². The summed E-state index contributed by atoms with van der Waals surface area (Å²) in [7, 11) is 1.62. The third kappa shape index (κ3) is 5.06. The van der Waals surface area contributed by atoms with Crippen LogP contribution in [0.3, 0.4) is 0 Å². The lowest BCUT2D eigenvalue weighted by molar-refractivity contribution is -0.384. The molecule has 1 atom stereocenters. The monoisotopic (exact) mass is 454 g/mol. The second kappa shape index (κ2) is 9.86. The first kappa shape index (κ1) is 22.5. The fourth-order valence-electron chi connectivity index (χ4n) is 4.24. The van der Waals surface area contributed by atoms with Crippen molar-refractivity contribution in [3.05, 3.63) is 68.7 Å². The molecule has 0 unspecified atom stereocenters. The number of aromatic nitrogens is 1. The van der Waals surface area contributed by atoms with Gasteiger partial charge in [0, 0.05) is 12.6 Å². The number of nitro groups is 1. The van der Waals surface area contributed by atoms with Crippen molar-refractivity contribution in [2.24, 2.45) is 0 Å². The number of non-ortho nitro benzene ring substituents is 1. The standard InChI is InChI=1S/C23H26N4O6/c1-32-18-8-5-16(6-9-18)20(25-11-3-2-4-12-25)14-24-22(28)15-26-19-10-7-17(27(30)31)13-21(19)33-23(26)29/h5-10,13,20H,2-4,11-12,14-15H2,1H3,(H,24,28)/t20-/m1/s1. The topological polar surface area (TPSA) is 120 Å². The molecule has 174 valence electrons. The maximum Gasteiger partial charge on any atom is 0.420 e. The molecule has 33 heavy (non-hydrogen) atoms. The van der Waals surface area contributed by atoms with Gasteiger partial charge in [0.15, 0.2) is 5.58 Å². The van der Waals surface area contributed by atoms with Crippen LogP contribution in [0.25, 0.3) is 11.1 Å². The number of fused-ring (bicyclic) bond motifs is 1. The number of hydrogen-bond donors (Lipinski definition) is 1. The first-order chi connectivity index (χ1) is 16.0. The minimum absolute atomic E-state index is 0.000576. The summed E-state index contributed by atoms with van der Waals surface area (Å²) in [5.74, 6) is -0.302. The summed E-state index contributed by atoms with van der Waals surface area (Å²) >= 11 is 0. The average Bonchev–Trinajstić information content (AvgIpc) is 3.14. The van der Waals surface area contributed by atoms with E-state index >= 15 is 0 Å². The van der Waals surface area contributed by atoms with E-state index in [4.69, 9.17) is 9.15 Å². The first-order valence-electron chi connectivity index (χ1n) is 10.9. The summed E-state index contributed by atoms with van der Waals surface area (Å²) < 4.78 is 11.5. The van der Waals surface area contributed by atoms with Crippen LogP contribution in [0.5, 0.6) is 5.75 Å². The average molecular weight is 454 g/mol. The lowest BCUT2D eigenvalue weighted by atomic mass is 10.0. The Hall–Kier alpha value is -3.66. The van der Waals surface area contributed by atoms with E-state index in [1.807, 2.05) is 24.3 Å². The number of methoxy groups -OCH3 is 1. The second-order valence-electron chi connectivity index (χ2n) is 8.05. The molecule has 2 aromatic carbocycles. The number of carbonyl (C=O) groups is 1. The molecule has 1 N–H and O–H groups in total. The molecule has 1 amide bonds. The molecule has 0 spiro atoms. The minimum Gasteiger partial charge on any atom is -0.497 e. The Balaban J connectivity index is 1.48. The van der Waals surface area contributed by atoms with Gasteiger partial charge in [-0.15, -0.1) is 0 Å². The number of piperidine rings is 1. The predicted octanol–water partition coefficient (Wildman–Crippen LogP) is 2.85. The van der Waals surface area contributed by atoms with E-state index < -0.39 is 10.7 Å². The molecule has 1 aliphatic heterocycles. The van der Waals surface area contributed by atoms with Gasteiger partial charge in [-0.2, -0.15) is 0 Å². The third-order valence-electron chi connectivity index (χ3n) is 5.99. The minimum atomic E-state index is -0.733. The number of oxazole rings is 1. The van der Waals surface area contributed by atoms with Crippen LogP contribution >= 0.6 is 0 Å². The summed E-state index contributed by atoms with van der Waals surface area (Å²) in [6.45, 7) is 2.06. The third-order valence-corrected chi connectivity index (χ3v) is 5.99. The van der Waals surface area contributed by atoms with Crippen LogP contribution in [-0.2, 0) is 11.3 Å². The Labute approximate surface area is 189 Å². The Morgan fingerprint density at radius 3 is 2.58 bits per heavy atom. The molecule has 0 bridgehead atoms. The molecule has 0 radical (unpaired) electrons. The largest absolute Gasteiger partial charge is 0.497 e. The highest BCUT2D eigenvalue weighted by molar-refractivity contribution is 5.80. The van der Waals surface area contributed by atoms with Crippen LogP contribution in [0, 0.1) is 10.1 Å². The smallest absolute Gasteiger partial charge is 0.420 e. The Kier molecular flexibility index (Phi) is 6.74. The van der Waals surface area contributed by atoms with Gasteiger partial charge in [-0.25, -0.2) is 4.79 Å². The van der Waals surface area contributed by atoms with E-state index in [9.17, 15) is 19.7 Å². The highest BCUT2D eigenvalue weighted by Crippen LogP contribution is 2.26. The second-order valence-corrected chi connectivity index (χ2v) is 8.05. The number of nitrogens with one attached hydrogen (secondary N) is 1. The first-order valence-corrected chi connectivity index (χ1v) is 10.9. The van der Waals surface area contributed by atoms with Crippen molar-refractivity contribution in [3.63, 3.8) is 0 Å². The molecule has 2 heterocycles. The summed E-state index contributed by atoms with van der Waals surface area (Å²) in [6, 6.07) is 11.7. The van der Waals surface area contributed by atoms with Gasteiger partial charge in [0.1, 0.15) is 12.3 Å². The SMILES string of the molecule is COc1ccc([C@@H](CNC(=O)Cn2c(=O)oc3cc([N+](=O)[O-])ccc32)N2CCCCC2)cc1. The fraction of sp³-hybridized carbons (Fsp3) is 0.391. The number of ether oxygens (including phenoxy) is 1. The van der Waals surface area contributed by atoms with E-state index in [0.717, 1.165) is 37.2 Å². The summed E-state index contributed by atoms with van der Waals surface area (Å²) in [5, 5.41) is 13.9. The van der Waals surface area contributed by atoms with Gasteiger partial charge in [0.25, 0.3) is 5.69 Å². The van der Waals surface area contributed by atoms with Crippen molar-refractivity contribution < 1.29 is 18.9 Å². The quantitative estimate of drug-likeness (QED) is 0.410. The summed E-state index contributed by atoms with van der Waals surface area (Å²) in [6.07, 6.45) is 3.43. The van der Waals surface area contributed by atoms with E-state index in [2.05, 4.69) is 10.2 Å². The molecular weight excluding hydrogens is 428 g/mol. The van der Waals surface area contributed by atoms with Crippen molar-refractivity contribution in [2.75, 3.05) is 26.7 Å². The lowest BCUT2D eigenvalue weighted by Crippen LogP contribution is -2.41. The van der Waals surface area contributed by atoms with Crippen LogP contribution in [0.4, 0.5) is 5.69 Å². The maximum atomic E-state index is 12.7. The number of rotatable bonds is 8. The van der Waals surface area contributed by atoms with Crippen LogP contribution in [0.1, 0.15) is 30.9 Å². The highest BCUT2D eigenvalue weighted by Gasteiger charge is 2.23. The normalized spacial score (nSPS) is 15.3. The molecule has 0 saturated carbocycles. The van der Waals surface area contributed by atoms with Crippen molar-refractivity contribution in [3.8, 4) is 5.75 Å². The van der Waals surface area contributed by atoms with E-state index in [1.54, 1.807) is 7.11 Å². The molecule has 1 fully saturated rings. The van der Waals surface area contributed by atoms with Crippen LogP contribution in [-0.4, -0.2) is 47.0 Å². The van der Waals surface area contributed by atoms with Gasteiger partial charge in [-0.3, -0.25) is 24.4 Å². The molecule has 3 aromatic rings. The van der Waals surface area contributed by atoms with Crippen LogP contribution in [0.2, 0.25) is 0 Å². The zero-order valence-electron chi connectivity index (χ0n) is 18.4. The zero-order valence-corrected chi connectivity index (χ0v) is 18.4. The molecule has 1 saturated heterocycles. The van der Waals surface area contributed by atoms with Gasteiger partial charge in [0.05, 0.1) is 29.7 Å². The van der Waals surface area contributed by atoms with E-state index in [1.165, 1.54) is 29.2 Å². The zero-order chi connectivity index (χ0) is 23.4. The highest BCUT2D eigenvalue weighted by atomic mass is 16.6. The van der Waals surface area contributed by atoms with Gasteiger partial charge in [-0.1, -0.05) is 18.6 Å². The number of nitrogens with zero attached hydrogens (tertiary/aromatic N) is 3. The van der Waals surface area contributed by atoms with Crippen LogP contribution < -0.4 is 15.8 Å². The number of hydrogen-bond acceptors (Lipinski definition) is 7. The number of amides is 1.